The number of rotatable bonds is 14. The van der Waals surface area contributed by atoms with Gasteiger partial charge in [0.1, 0.15) is 0 Å². The monoisotopic (exact) mass is 503 g/mol. The zero-order valence-corrected chi connectivity index (χ0v) is 23.9. The maximum atomic E-state index is 13.7. The Morgan fingerprint density at radius 1 is 1.15 bits per heavy atom. The molecule has 0 aliphatic heterocycles. The van der Waals surface area contributed by atoms with Crippen molar-refractivity contribution in [3.8, 4) is 0 Å². The van der Waals surface area contributed by atoms with Gasteiger partial charge in [-0.25, -0.2) is 0 Å². The van der Waals surface area contributed by atoms with Crippen LogP contribution in [0, 0.1) is 0 Å². The lowest BCUT2D eigenvalue weighted by atomic mass is 9.95. The van der Waals surface area contributed by atoms with Crippen molar-refractivity contribution in [3.63, 3.8) is 0 Å². The Kier molecular flexibility index (Phi) is 12.3. The fourth-order valence-corrected chi connectivity index (χ4v) is 12.5. The fourth-order valence-electron chi connectivity index (χ4n) is 5.17. The van der Waals surface area contributed by atoms with Gasteiger partial charge in [-0.3, -0.25) is 9.36 Å². The van der Waals surface area contributed by atoms with Crippen LogP contribution in [0.4, 0.5) is 0 Å². The van der Waals surface area contributed by atoms with Crippen LogP contribution in [0.15, 0.2) is 24.0 Å². The molecule has 0 spiro atoms. The van der Waals surface area contributed by atoms with Crippen molar-refractivity contribution in [1.29, 1.82) is 0 Å². The average molecular weight is 504 g/mol. The normalized spacial score (nSPS) is 22.1. The van der Waals surface area contributed by atoms with Gasteiger partial charge in [-0.15, -0.1) is 6.58 Å². The second-order valence-corrected chi connectivity index (χ2v) is 17.0. The Morgan fingerprint density at radius 2 is 1.67 bits per heavy atom. The first kappa shape index (κ1) is 30.3. The van der Waals surface area contributed by atoms with E-state index in [0.29, 0.717) is 35.0 Å². The molecule has 3 atom stereocenters. The summed E-state index contributed by atoms with van der Waals surface area (Å²) in [5, 5.41) is 3.60. The minimum absolute atomic E-state index is 0.165. The lowest BCUT2D eigenvalue weighted by Crippen LogP contribution is -2.59. The summed E-state index contributed by atoms with van der Waals surface area (Å²) in [6, 6.07) is -0.425. The molecule has 7 nitrogen and oxygen atoms in total. The van der Waals surface area contributed by atoms with Crippen LogP contribution in [-0.2, 0) is 27.6 Å². The number of carbonyl (C=O) groups is 1. The minimum Gasteiger partial charge on any atom is -0.408 e. The Labute approximate surface area is 202 Å². The van der Waals surface area contributed by atoms with Gasteiger partial charge in [0, 0.05) is 18.7 Å². The highest BCUT2D eigenvalue weighted by molar-refractivity contribution is 7.58. The Hall–Kier alpha value is -0.763. The van der Waals surface area contributed by atoms with Crippen LogP contribution in [0.1, 0.15) is 68.7 Å². The van der Waals surface area contributed by atoms with Gasteiger partial charge in [-0.2, -0.15) is 0 Å². The highest BCUT2D eigenvalue weighted by Crippen LogP contribution is 2.59. The molecule has 1 aliphatic carbocycles. The van der Waals surface area contributed by atoms with E-state index in [1.54, 1.807) is 19.9 Å². The molecule has 0 aromatic heterocycles. The van der Waals surface area contributed by atoms with Gasteiger partial charge in [0.05, 0.1) is 38.1 Å². The molecule has 33 heavy (non-hydrogen) atoms. The average Bonchev–Trinajstić information content (AvgIpc) is 2.70. The first-order chi connectivity index (χ1) is 15.4. The summed E-state index contributed by atoms with van der Waals surface area (Å²) in [4.78, 5) is 12.2. The van der Waals surface area contributed by atoms with Gasteiger partial charge in [-0.1, -0.05) is 47.6 Å². The second kappa shape index (κ2) is 13.4. The first-order valence-corrected chi connectivity index (χ1v) is 15.8. The number of nitrogens with one attached hydrogen (secondary N) is 1. The van der Waals surface area contributed by atoms with Crippen LogP contribution >= 0.6 is 7.60 Å². The van der Waals surface area contributed by atoms with Gasteiger partial charge < -0.3 is 23.5 Å². The summed E-state index contributed by atoms with van der Waals surface area (Å²) in [6.07, 6.45) is 2.88. The second-order valence-electron chi connectivity index (χ2n) is 9.48. The summed E-state index contributed by atoms with van der Waals surface area (Å²) in [6.45, 7) is 22.9. The molecule has 1 rings (SSSR count). The van der Waals surface area contributed by atoms with Gasteiger partial charge in [0.2, 0.25) is 14.2 Å². The molecular weight excluding hydrogens is 457 g/mol. The molecule has 0 bridgehead atoms. The number of carbonyl (C=O) groups excluding carboxylic acids is 1. The van der Waals surface area contributed by atoms with E-state index < -0.39 is 34.2 Å². The van der Waals surface area contributed by atoms with E-state index in [2.05, 4.69) is 53.4 Å². The summed E-state index contributed by atoms with van der Waals surface area (Å²) >= 11 is 0. The molecule has 0 radical (unpaired) electrons. The van der Waals surface area contributed by atoms with E-state index in [0.717, 1.165) is 0 Å². The van der Waals surface area contributed by atoms with Gasteiger partial charge in [0.15, 0.2) is 0 Å². The highest BCUT2D eigenvalue weighted by atomic mass is 31.2. The van der Waals surface area contributed by atoms with E-state index in [1.807, 2.05) is 6.08 Å². The van der Waals surface area contributed by atoms with Crippen molar-refractivity contribution in [3.05, 3.63) is 24.0 Å². The van der Waals surface area contributed by atoms with E-state index in [4.69, 9.17) is 18.2 Å². The van der Waals surface area contributed by atoms with E-state index in [1.165, 1.54) is 6.92 Å². The van der Waals surface area contributed by atoms with Crippen molar-refractivity contribution in [2.75, 3.05) is 19.8 Å². The molecule has 192 valence electrons. The van der Waals surface area contributed by atoms with Crippen molar-refractivity contribution in [2.45, 2.75) is 104 Å². The molecule has 0 aromatic rings. The van der Waals surface area contributed by atoms with E-state index in [-0.39, 0.29) is 19.1 Å². The molecule has 0 unspecified atom stereocenters. The predicted octanol–water partition coefficient (Wildman–Crippen LogP) is 6.18. The van der Waals surface area contributed by atoms with Crippen molar-refractivity contribution >= 4 is 21.8 Å². The van der Waals surface area contributed by atoms with E-state index in [9.17, 15) is 9.36 Å². The molecule has 1 amide bonds. The van der Waals surface area contributed by atoms with Gasteiger partial charge in [0.25, 0.3) is 0 Å². The summed E-state index contributed by atoms with van der Waals surface area (Å²) in [5.41, 5.74) is 1.02. The molecule has 9 heteroatoms. The number of hydrogen-bond acceptors (Lipinski definition) is 6. The fraction of sp³-hybridized carbons (Fsp3) is 0.792. The molecule has 0 saturated carbocycles. The quantitative estimate of drug-likeness (QED) is 0.173. The third kappa shape index (κ3) is 7.36. The Bertz CT molecular complexity index is 692. The third-order valence-corrected chi connectivity index (χ3v) is 14.6. The number of hydrogen-bond donors (Lipinski definition) is 1. The standard InChI is InChI=1S/C24H46NO6PSi/c1-11-14-28-22-15-21(32(27,29-12-2)30-13-3)16-23(24(22)25-20(10)26)31-33(17(4)5,18(6)7)19(8)9/h11,16-19,22-24H,1,12-15H2,2-10H3,(H,25,26)/t22-,23+,24+/m1/s1. The SMILES string of the molecule is C=CCO[C@@H]1CC(P(=O)(OCC)OCC)=C[C@H](O[Si](C(C)C)(C(C)C)C(C)C)[C@H]1NC(C)=O. The maximum absolute atomic E-state index is 13.7. The number of amides is 1. The molecule has 0 fully saturated rings. The highest BCUT2D eigenvalue weighted by Gasteiger charge is 2.50. The molecule has 0 saturated heterocycles. The topological polar surface area (TPSA) is 83.1 Å². The summed E-state index contributed by atoms with van der Waals surface area (Å²) in [5.74, 6) is -0.165. The third-order valence-electron chi connectivity index (χ3n) is 6.32. The molecule has 0 heterocycles. The smallest absolute Gasteiger partial charge is 0.357 e. The van der Waals surface area contributed by atoms with Gasteiger partial charge in [-0.05, 0) is 36.5 Å². The van der Waals surface area contributed by atoms with Crippen LogP contribution < -0.4 is 5.32 Å². The lowest BCUT2D eigenvalue weighted by Gasteiger charge is -2.48. The van der Waals surface area contributed by atoms with Crippen LogP contribution in [0.25, 0.3) is 0 Å². The zero-order valence-electron chi connectivity index (χ0n) is 22.1. The Morgan fingerprint density at radius 3 is 2.06 bits per heavy atom. The van der Waals surface area contributed by atoms with Crippen LogP contribution in [0.5, 0.6) is 0 Å². The van der Waals surface area contributed by atoms with Crippen molar-refractivity contribution in [2.24, 2.45) is 0 Å². The largest absolute Gasteiger partial charge is 0.408 e. The van der Waals surface area contributed by atoms with Crippen LogP contribution in [0.3, 0.4) is 0 Å². The van der Waals surface area contributed by atoms with E-state index >= 15 is 0 Å². The van der Waals surface area contributed by atoms with Crippen molar-refractivity contribution < 1.29 is 27.6 Å². The zero-order chi connectivity index (χ0) is 25.4. The minimum atomic E-state index is -3.52. The molecule has 0 aromatic carbocycles. The van der Waals surface area contributed by atoms with Gasteiger partial charge >= 0.3 is 7.60 Å². The Balaban J connectivity index is 3.66. The van der Waals surface area contributed by atoms with Crippen LogP contribution in [0.2, 0.25) is 16.6 Å². The maximum Gasteiger partial charge on any atom is 0.357 e. The molecule has 1 N–H and O–H groups in total. The predicted molar refractivity (Wildman–Crippen MR) is 137 cm³/mol. The first-order valence-electron chi connectivity index (χ1n) is 12.2. The van der Waals surface area contributed by atoms with Crippen molar-refractivity contribution in [1.82, 2.24) is 5.32 Å². The molecular formula is C24H46NO6PSi. The van der Waals surface area contributed by atoms with Crippen LogP contribution in [-0.4, -0.2) is 52.3 Å². The summed E-state index contributed by atoms with van der Waals surface area (Å²) in [7, 11) is -5.86. The summed E-state index contributed by atoms with van der Waals surface area (Å²) < 4.78 is 38.2. The number of ether oxygens (including phenoxy) is 1. The molecule has 1 aliphatic rings. The lowest BCUT2D eigenvalue weighted by molar-refractivity contribution is -0.122.